The molecule has 0 heterocycles. The van der Waals surface area contributed by atoms with Gasteiger partial charge in [-0.25, -0.2) is 0 Å². The molecule has 0 aliphatic heterocycles. The van der Waals surface area contributed by atoms with Gasteiger partial charge in [0.15, 0.2) is 0 Å². The molecule has 0 saturated carbocycles. The van der Waals surface area contributed by atoms with Crippen LogP contribution in [0.4, 0.5) is 0 Å². The van der Waals surface area contributed by atoms with Gasteiger partial charge in [0, 0.05) is 19.5 Å². The standard InChI is InChI=1S/C8H13N/c1-4-5-6-9-7-8(2)3/h1,9H,2,5-7H2,3H3. The number of nitrogens with one attached hydrogen (secondary N) is 1. The molecule has 1 N–H and O–H groups in total. The third-order valence-electron chi connectivity index (χ3n) is 0.873. The van der Waals surface area contributed by atoms with Gasteiger partial charge in [0.25, 0.3) is 0 Å². The van der Waals surface area contributed by atoms with E-state index in [1.807, 2.05) is 6.92 Å². The summed E-state index contributed by atoms with van der Waals surface area (Å²) in [4.78, 5) is 0. The third kappa shape index (κ3) is 7.26. The molecule has 0 unspecified atom stereocenters. The van der Waals surface area contributed by atoms with Crippen molar-refractivity contribution in [3.05, 3.63) is 12.2 Å². The Balaban J connectivity index is 2.94. The molecule has 0 saturated heterocycles. The molecular weight excluding hydrogens is 110 g/mol. The van der Waals surface area contributed by atoms with E-state index in [0.29, 0.717) is 0 Å². The van der Waals surface area contributed by atoms with Gasteiger partial charge in [-0.2, -0.15) is 0 Å². The molecule has 0 fully saturated rings. The van der Waals surface area contributed by atoms with Crippen molar-refractivity contribution in [1.82, 2.24) is 5.32 Å². The van der Waals surface area contributed by atoms with Crippen LogP contribution in [0.1, 0.15) is 13.3 Å². The highest BCUT2D eigenvalue weighted by Crippen LogP contribution is 1.80. The first-order chi connectivity index (χ1) is 4.27. The fraction of sp³-hybridized carbons (Fsp3) is 0.500. The maximum atomic E-state index is 5.03. The Bertz CT molecular complexity index is 119. The molecule has 0 aromatic carbocycles. The SMILES string of the molecule is C#CCCNCC(=C)C. The quantitative estimate of drug-likeness (QED) is 0.336. The first kappa shape index (κ1) is 8.26. The Hall–Kier alpha value is -0.740. The van der Waals surface area contributed by atoms with Crippen molar-refractivity contribution < 1.29 is 0 Å². The molecule has 0 spiro atoms. The fourth-order valence-corrected chi connectivity index (χ4v) is 0.462. The Morgan fingerprint density at radius 2 is 2.44 bits per heavy atom. The van der Waals surface area contributed by atoms with Crippen molar-refractivity contribution in [2.75, 3.05) is 13.1 Å². The van der Waals surface area contributed by atoms with Crippen LogP contribution in [-0.2, 0) is 0 Å². The second kappa shape index (κ2) is 5.40. The molecule has 9 heavy (non-hydrogen) atoms. The molecule has 0 aromatic rings. The van der Waals surface area contributed by atoms with Gasteiger partial charge in [0.05, 0.1) is 0 Å². The van der Waals surface area contributed by atoms with Crippen molar-refractivity contribution in [3.8, 4) is 12.3 Å². The van der Waals surface area contributed by atoms with Crippen LogP contribution >= 0.6 is 0 Å². The molecule has 1 heteroatoms. The largest absolute Gasteiger partial charge is 0.312 e. The van der Waals surface area contributed by atoms with Crippen LogP contribution < -0.4 is 5.32 Å². The van der Waals surface area contributed by atoms with Gasteiger partial charge in [-0.05, 0) is 6.92 Å². The van der Waals surface area contributed by atoms with Gasteiger partial charge in [-0.1, -0.05) is 12.2 Å². The second-order valence-corrected chi connectivity index (χ2v) is 2.09. The highest BCUT2D eigenvalue weighted by Gasteiger charge is 1.82. The van der Waals surface area contributed by atoms with Gasteiger partial charge < -0.3 is 5.32 Å². The van der Waals surface area contributed by atoms with Crippen LogP contribution in [0.2, 0.25) is 0 Å². The predicted octanol–water partition coefficient (Wildman–Crippen LogP) is 1.18. The maximum absolute atomic E-state index is 5.03. The number of terminal acetylenes is 1. The highest BCUT2D eigenvalue weighted by atomic mass is 14.8. The minimum absolute atomic E-state index is 0.799. The minimum atomic E-state index is 0.799. The Morgan fingerprint density at radius 1 is 1.78 bits per heavy atom. The summed E-state index contributed by atoms with van der Waals surface area (Å²) in [6, 6.07) is 0. The summed E-state index contributed by atoms with van der Waals surface area (Å²) < 4.78 is 0. The molecule has 1 nitrogen and oxygen atoms in total. The van der Waals surface area contributed by atoms with E-state index in [1.54, 1.807) is 0 Å². The molecule has 0 rings (SSSR count). The van der Waals surface area contributed by atoms with Crippen LogP contribution in [0.5, 0.6) is 0 Å². The Morgan fingerprint density at radius 3 is 2.89 bits per heavy atom. The van der Waals surface area contributed by atoms with Crippen molar-refractivity contribution >= 4 is 0 Å². The summed E-state index contributed by atoms with van der Waals surface area (Å²) in [5.74, 6) is 2.55. The zero-order valence-electron chi connectivity index (χ0n) is 5.91. The van der Waals surface area contributed by atoms with E-state index in [-0.39, 0.29) is 0 Å². The van der Waals surface area contributed by atoms with Crippen LogP contribution in [-0.4, -0.2) is 13.1 Å². The average Bonchev–Trinajstić information content (AvgIpc) is 1.80. The van der Waals surface area contributed by atoms with Gasteiger partial charge in [0.2, 0.25) is 0 Å². The van der Waals surface area contributed by atoms with Crippen molar-refractivity contribution in [2.24, 2.45) is 0 Å². The van der Waals surface area contributed by atoms with E-state index >= 15 is 0 Å². The van der Waals surface area contributed by atoms with E-state index in [4.69, 9.17) is 6.42 Å². The molecule has 0 amide bonds. The molecule has 0 aliphatic carbocycles. The lowest BCUT2D eigenvalue weighted by molar-refractivity contribution is 0.747. The predicted molar refractivity (Wildman–Crippen MR) is 41.1 cm³/mol. The van der Waals surface area contributed by atoms with E-state index in [2.05, 4.69) is 17.8 Å². The van der Waals surface area contributed by atoms with Gasteiger partial charge in [-0.3, -0.25) is 0 Å². The van der Waals surface area contributed by atoms with Crippen molar-refractivity contribution in [2.45, 2.75) is 13.3 Å². The molecule has 0 atom stereocenters. The molecule has 0 bridgehead atoms. The van der Waals surface area contributed by atoms with E-state index in [0.717, 1.165) is 25.1 Å². The smallest absolute Gasteiger partial charge is 0.0212 e. The minimum Gasteiger partial charge on any atom is -0.312 e. The third-order valence-corrected chi connectivity index (χ3v) is 0.873. The number of hydrogen-bond acceptors (Lipinski definition) is 1. The fourth-order valence-electron chi connectivity index (χ4n) is 0.462. The van der Waals surface area contributed by atoms with Crippen molar-refractivity contribution in [1.29, 1.82) is 0 Å². The van der Waals surface area contributed by atoms with Crippen LogP contribution in [0, 0.1) is 12.3 Å². The summed E-state index contributed by atoms with van der Waals surface area (Å²) in [5, 5.41) is 3.14. The lowest BCUT2D eigenvalue weighted by Gasteiger charge is -1.98. The lowest BCUT2D eigenvalue weighted by Crippen LogP contribution is -2.16. The van der Waals surface area contributed by atoms with Crippen LogP contribution in [0.15, 0.2) is 12.2 Å². The molecule has 50 valence electrons. The molecule has 0 aromatic heterocycles. The topological polar surface area (TPSA) is 12.0 Å². The van der Waals surface area contributed by atoms with E-state index < -0.39 is 0 Å². The summed E-state index contributed by atoms with van der Waals surface area (Å²) in [6.07, 6.45) is 5.83. The summed E-state index contributed by atoms with van der Waals surface area (Å²) >= 11 is 0. The van der Waals surface area contributed by atoms with Crippen LogP contribution in [0.3, 0.4) is 0 Å². The second-order valence-electron chi connectivity index (χ2n) is 2.09. The summed E-state index contributed by atoms with van der Waals surface area (Å²) in [6.45, 7) is 7.50. The highest BCUT2D eigenvalue weighted by molar-refractivity contribution is 4.91. The number of rotatable bonds is 4. The molecule has 0 aliphatic rings. The van der Waals surface area contributed by atoms with E-state index in [1.165, 1.54) is 0 Å². The first-order valence-corrected chi connectivity index (χ1v) is 3.06. The van der Waals surface area contributed by atoms with Crippen molar-refractivity contribution in [3.63, 3.8) is 0 Å². The number of hydrogen-bond donors (Lipinski definition) is 1. The lowest BCUT2D eigenvalue weighted by atomic mass is 10.3. The molecular formula is C8H13N. The summed E-state index contributed by atoms with van der Waals surface area (Å²) in [5.41, 5.74) is 1.15. The first-order valence-electron chi connectivity index (χ1n) is 3.06. The maximum Gasteiger partial charge on any atom is 0.0212 e. The Kier molecular flexibility index (Phi) is 4.95. The van der Waals surface area contributed by atoms with Crippen LogP contribution in [0.25, 0.3) is 0 Å². The zero-order valence-corrected chi connectivity index (χ0v) is 5.91. The zero-order chi connectivity index (χ0) is 7.11. The average molecular weight is 123 g/mol. The monoisotopic (exact) mass is 123 g/mol. The van der Waals surface area contributed by atoms with E-state index in [9.17, 15) is 0 Å². The molecule has 0 radical (unpaired) electrons. The van der Waals surface area contributed by atoms with Gasteiger partial charge in [0.1, 0.15) is 0 Å². The normalized spacial score (nSPS) is 8.44. The van der Waals surface area contributed by atoms with Gasteiger partial charge >= 0.3 is 0 Å². The Labute approximate surface area is 57.2 Å². The summed E-state index contributed by atoms with van der Waals surface area (Å²) in [7, 11) is 0. The van der Waals surface area contributed by atoms with Gasteiger partial charge in [-0.15, -0.1) is 12.3 Å².